The molecule has 0 spiro atoms. The van der Waals surface area contributed by atoms with Gasteiger partial charge in [0.25, 0.3) is 0 Å². The van der Waals surface area contributed by atoms with Gasteiger partial charge in [-0.25, -0.2) is 15.0 Å². The number of hydrogen-bond acceptors (Lipinski definition) is 9. The highest BCUT2D eigenvalue weighted by atomic mass is 32.1. The van der Waals surface area contributed by atoms with E-state index >= 15 is 0 Å². The zero-order valence-corrected chi connectivity index (χ0v) is 14.0. The molecule has 0 saturated carbocycles. The first kappa shape index (κ1) is 16.6. The first-order valence-corrected chi connectivity index (χ1v) is 8.21. The Labute approximate surface area is 146 Å². The van der Waals surface area contributed by atoms with Crippen LogP contribution >= 0.6 is 11.3 Å². The Kier molecular flexibility index (Phi) is 5.00. The highest BCUT2D eigenvalue weighted by Gasteiger charge is 2.24. The van der Waals surface area contributed by atoms with Crippen LogP contribution in [0.15, 0.2) is 42.2 Å². The standard InChI is InChI=1S/C15H14N6O3S/c1-2-24-11-6-4-3-5-10(11)19-13-12(21(22)23)14(18-9-17-13)20-15-16-7-8-25-15/h3-9H,2H2,1H3,(H2,16,17,18,19,20). The van der Waals surface area contributed by atoms with Crippen molar-refractivity contribution in [3.8, 4) is 5.75 Å². The molecule has 10 heteroatoms. The van der Waals surface area contributed by atoms with E-state index in [-0.39, 0.29) is 17.3 Å². The third kappa shape index (κ3) is 3.80. The van der Waals surface area contributed by atoms with Crippen LogP contribution in [-0.4, -0.2) is 26.5 Å². The lowest BCUT2D eigenvalue weighted by atomic mass is 10.3. The smallest absolute Gasteiger partial charge is 0.353 e. The van der Waals surface area contributed by atoms with E-state index in [0.29, 0.717) is 23.2 Å². The average Bonchev–Trinajstić information content (AvgIpc) is 3.10. The van der Waals surface area contributed by atoms with Gasteiger partial charge in [0.05, 0.1) is 17.2 Å². The van der Waals surface area contributed by atoms with Crippen molar-refractivity contribution in [3.63, 3.8) is 0 Å². The quantitative estimate of drug-likeness (QED) is 0.485. The summed E-state index contributed by atoms with van der Waals surface area (Å²) in [6, 6.07) is 7.14. The minimum absolute atomic E-state index is 0.0613. The van der Waals surface area contributed by atoms with Crippen LogP contribution in [0.4, 0.5) is 28.1 Å². The Morgan fingerprint density at radius 1 is 1.20 bits per heavy atom. The van der Waals surface area contributed by atoms with Crippen LogP contribution in [-0.2, 0) is 0 Å². The molecule has 0 aliphatic rings. The second kappa shape index (κ2) is 7.53. The Bertz CT molecular complexity index is 871. The lowest BCUT2D eigenvalue weighted by Crippen LogP contribution is -2.06. The van der Waals surface area contributed by atoms with Gasteiger partial charge in [0.1, 0.15) is 12.1 Å². The molecular weight excluding hydrogens is 344 g/mol. The third-order valence-corrected chi connectivity index (χ3v) is 3.79. The SMILES string of the molecule is CCOc1ccccc1Nc1ncnc(Nc2nccs2)c1[N+](=O)[O-]. The molecular formula is C15H14N6O3S. The molecule has 3 rings (SSSR count). The summed E-state index contributed by atoms with van der Waals surface area (Å²) < 4.78 is 5.53. The highest BCUT2D eigenvalue weighted by Crippen LogP contribution is 2.35. The van der Waals surface area contributed by atoms with Crippen molar-refractivity contribution < 1.29 is 9.66 Å². The number of para-hydroxylation sites is 2. The van der Waals surface area contributed by atoms with Crippen LogP contribution in [0.5, 0.6) is 5.75 Å². The van der Waals surface area contributed by atoms with Crippen molar-refractivity contribution in [3.05, 3.63) is 52.3 Å². The van der Waals surface area contributed by atoms with Crippen molar-refractivity contribution in [1.82, 2.24) is 15.0 Å². The summed E-state index contributed by atoms with van der Waals surface area (Å²) in [6.07, 6.45) is 2.84. The van der Waals surface area contributed by atoms with Gasteiger partial charge in [-0.1, -0.05) is 12.1 Å². The van der Waals surface area contributed by atoms with Gasteiger partial charge in [0, 0.05) is 11.6 Å². The normalized spacial score (nSPS) is 10.3. The summed E-state index contributed by atoms with van der Waals surface area (Å²) in [5.74, 6) is 0.699. The Balaban J connectivity index is 1.97. The number of rotatable bonds is 7. The van der Waals surface area contributed by atoms with Crippen LogP contribution < -0.4 is 15.4 Å². The fourth-order valence-electron chi connectivity index (χ4n) is 2.10. The molecule has 0 radical (unpaired) electrons. The fraction of sp³-hybridized carbons (Fsp3) is 0.133. The topological polar surface area (TPSA) is 115 Å². The monoisotopic (exact) mass is 358 g/mol. The van der Waals surface area contributed by atoms with Crippen molar-refractivity contribution >= 4 is 39.5 Å². The zero-order chi connectivity index (χ0) is 17.6. The molecule has 0 fully saturated rings. The largest absolute Gasteiger partial charge is 0.492 e. The maximum Gasteiger partial charge on any atom is 0.353 e. The van der Waals surface area contributed by atoms with Crippen LogP contribution in [0.2, 0.25) is 0 Å². The van der Waals surface area contributed by atoms with E-state index in [1.165, 1.54) is 17.7 Å². The summed E-state index contributed by atoms with van der Waals surface area (Å²) in [5.41, 5.74) is 0.301. The third-order valence-electron chi connectivity index (χ3n) is 3.10. The molecule has 2 N–H and O–H groups in total. The molecule has 128 valence electrons. The van der Waals surface area contributed by atoms with Gasteiger partial charge in [-0.3, -0.25) is 10.1 Å². The van der Waals surface area contributed by atoms with Crippen molar-refractivity contribution in [2.45, 2.75) is 6.92 Å². The number of nitrogens with one attached hydrogen (secondary N) is 2. The van der Waals surface area contributed by atoms with Gasteiger partial charge in [0.15, 0.2) is 5.13 Å². The zero-order valence-electron chi connectivity index (χ0n) is 13.2. The number of nitro groups is 1. The minimum atomic E-state index is -0.540. The second-order valence-electron chi connectivity index (χ2n) is 4.69. The molecule has 3 aromatic rings. The van der Waals surface area contributed by atoms with Crippen molar-refractivity contribution in [2.75, 3.05) is 17.2 Å². The van der Waals surface area contributed by atoms with Crippen LogP contribution in [0.25, 0.3) is 0 Å². The van der Waals surface area contributed by atoms with E-state index in [9.17, 15) is 10.1 Å². The van der Waals surface area contributed by atoms with E-state index in [1.807, 2.05) is 13.0 Å². The number of benzene rings is 1. The van der Waals surface area contributed by atoms with E-state index in [1.54, 1.807) is 29.8 Å². The summed E-state index contributed by atoms with van der Waals surface area (Å²) >= 11 is 1.31. The van der Waals surface area contributed by atoms with Gasteiger partial charge in [-0.15, -0.1) is 11.3 Å². The predicted octanol–water partition coefficient (Wildman–Crippen LogP) is 3.73. The molecule has 0 bridgehead atoms. The lowest BCUT2D eigenvalue weighted by Gasteiger charge is -2.12. The van der Waals surface area contributed by atoms with E-state index in [4.69, 9.17) is 4.74 Å². The molecule has 0 aliphatic carbocycles. The summed E-state index contributed by atoms with van der Waals surface area (Å²) in [5, 5.41) is 19.6. The number of anilines is 4. The predicted molar refractivity (Wildman–Crippen MR) is 95.0 cm³/mol. The van der Waals surface area contributed by atoms with Gasteiger partial charge in [-0.2, -0.15) is 0 Å². The fourth-order valence-corrected chi connectivity index (χ4v) is 2.63. The van der Waals surface area contributed by atoms with E-state index in [2.05, 4.69) is 25.6 Å². The molecule has 25 heavy (non-hydrogen) atoms. The summed E-state index contributed by atoms with van der Waals surface area (Å²) in [6.45, 7) is 2.33. The highest BCUT2D eigenvalue weighted by molar-refractivity contribution is 7.13. The number of nitrogens with zero attached hydrogens (tertiary/aromatic N) is 4. The maximum absolute atomic E-state index is 11.6. The molecule has 0 saturated heterocycles. The average molecular weight is 358 g/mol. The number of ether oxygens (including phenoxy) is 1. The number of hydrogen-bond donors (Lipinski definition) is 2. The summed E-state index contributed by atoms with van der Waals surface area (Å²) in [4.78, 5) is 23.1. The molecule has 9 nitrogen and oxygen atoms in total. The van der Waals surface area contributed by atoms with Crippen LogP contribution in [0.1, 0.15) is 6.92 Å². The van der Waals surface area contributed by atoms with Gasteiger partial charge < -0.3 is 15.4 Å². The van der Waals surface area contributed by atoms with Crippen molar-refractivity contribution in [2.24, 2.45) is 0 Å². The van der Waals surface area contributed by atoms with E-state index in [0.717, 1.165) is 0 Å². The van der Waals surface area contributed by atoms with Gasteiger partial charge in [0.2, 0.25) is 11.6 Å². The molecule has 0 atom stereocenters. The lowest BCUT2D eigenvalue weighted by molar-refractivity contribution is -0.383. The number of thiazole rings is 1. The maximum atomic E-state index is 11.6. The van der Waals surface area contributed by atoms with Gasteiger partial charge >= 0.3 is 5.69 Å². The first-order chi connectivity index (χ1) is 12.2. The molecule has 2 aromatic heterocycles. The van der Waals surface area contributed by atoms with Gasteiger partial charge in [-0.05, 0) is 19.1 Å². The number of aromatic nitrogens is 3. The Morgan fingerprint density at radius 3 is 2.64 bits per heavy atom. The molecule has 2 heterocycles. The second-order valence-corrected chi connectivity index (χ2v) is 5.59. The summed E-state index contributed by atoms with van der Waals surface area (Å²) in [7, 11) is 0. The van der Waals surface area contributed by atoms with Crippen molar-refractivity contribution in [1.29, 1.82) is 0 Å². The van der Waals surface area contributed by atoms with Crippen LogP contribution in [0.3, 0.4) is 0 Å². The molecule has 0 aliphatic heterocycles. The molecule has 1 aromatic carbocycles. The molecule has 0 unspecified atom stereocenters. The first-order valence-electron chi connectivity index (χ1n) is 7.33. The van der Waals surface area contributed by atoms with E-state index < -0.39 is 4.92 Å². The minimum Gasteiger partial charge on any atom is -0.492 e. The Morgan fingerprint density at radius 2 is 1.96 bits per heavy atom. The molecule has 0 amide bonds. The van der Waals surface area contributed by atoms with Crippen LogP contribution in [0, 0.1) is 10.1 Å². The Hall–Kier alpha value is -3.27.